The summed E-state index contributed by atoms with van der Waals surface area (Å²) in [6, 6.07) is 0.885. The molecule has 0 spiro atoms. The van der Waals surface area contributed by atoms with Gasteiger partial charge >= 0.3 is 0 Å². The third-order valence-electron chi connectivity index (χ3n) is 4.02. The second-order valence-corrected chi connectivity index (χ2v) is 4.88. The Morgan fingerprint density at radius 2 is 1.93 bits per heavy atom. The molecule has 0 saturated carbocycles. The van der Waals surface area contributed by atoms with E-state index in [0.29, 0.717) is 0 Å². The number of nitrogens with zero attached hydrogens (tertiary/aromatic N) is 2. The summed E-state index contributed by atoms with van der Waals surface area (Å²) in [4.78, 5) is 5.27. The Kier molecular flexibility index (Phi) is 2.24. The SMILES string of the molecule is C1=C(N2CCCC2)CC2CCCN2C1. The van der Waals surface area contributed by atoms with E-state index in [2.05, 4.69) is 15.9 Å². The van der Waals surface area contributed by atoms with E-state index in [-0.39, 0.29) is 0 Å². The number of fused-ring (bicyclic) bond motifs is 1. The van der Waals surface area contributed by atoms with E-state index >= 15 is 0 Å². The molecule has 14 heavy (non-hydrogen) atoms. The standard InChI is InChI=1S/C12H20N2/c1-2-7-13(6-1)12-5-9-14-8-3-4-11(14)10-12/h5,11H,1-4,6-10H2. The monoisotopic (exact) mass is 192 g/mol. The van der Waals surface area contributed by atoms with Crippen LogP contribution in [0.5, 0.6) is 0 Å². The maximum Gasteiger partial charge on any atom is 0.0186 e. The van der Waals surface area contributed by atoms with E-state index < -0.39 is 0 Å². The molecule has 0 aromatic carbocycles. The van der Waals surface area contributed by atoms with Gasteiger partial charge in [-0.05, 0) is 32.2 Å². The van der Waals surface area contributed by atoms with Crippen LogP contribution < -0.4 is 0 Å². The quantitative estimate of drug-likeness (QED) is 0.625. The van der Waals surface area contributed by atoms with E-state index in [1.54, 1.807) is 5.70 Å². The Bertz CT molecular complexity index is 241. The molecule has 0 aliphatic carbocycles. The molecule has 0 aromatic heterocycles. The number of hydrogen-bond donors (Lipinski definition) is 0. The van der Waals surface area contributed by atoms with E-state index in [0.717, 1.165) is 6.04 Å². The fourth-order valence-electron chi connectivity index (χ4n) is 3.18. The van der Waals surface area contributed by atoms with Gasteiger partial charge in [-0.1, -0.05) is 6.08 Å². The molecule has 0 N–H and O–H groups in total. The summed E-state index contributed by atoms with van der Waals surface area (Å²) < 4.78 is 0. The Labute approximate surface area is 86.6 Å². The molecule has 1 atom stereocenters. The van der Waals surface area contributed by atoms with E-state index in [9.17, 15) is 0 Å². The molecule has 0 aromatic rings. The Morgan fingerprint density at radius 3 is 2.79 bits per heavy atom. The van der Waals surface area contributed by atoms with Crippen molar-refractivity contribution >= 4 is 0 Å². The highest BCUT2D eigenvalue weighted by Crippen LogP contribution is 2.29. The van der Waals surface area contributed by atoms with Crippen LogP contribution in [-0.2, 0) is 0 Å². The summed E-state index contributed by atoms with van der Waals surface area (Å²) in [6.45, 7) is 5.20. The molecule has 2 heteroatoms. The molecule has 0 amide bonds. The zero-order valence-electron chi connectivity index (χ0n) is 8.91. The van der Waals surface area contributed by atoms with Crippen molar-refractivity contribution in [1.29, 1.82) is 0 Å². The molecule has 1 unspecified atom stereocenters. The van der Waals surface area contributed by atoms with Crippen LogP contribution in [0.1, 0.15) is 32.1 Å². The van der Waals surface area contributed by atoms with Crippen LogP contribution in [0, 0.1) is 0 Å². The average molecular weight is 192 g/mol. The molecule has 3 rings (SSSR count). The van der Waals surface area contributed by atoms with Crippen LogP contribution in [0.3, 0.4) is 0 Å². The number of hydrogen-bond acceptors (Lipinski definition) is 2. The summed E-state index contributed by atoms with van der Waals surface area (Å²) in [6.07, 6.45) is 9.49. The van der Waals surface area contributed by atoms with Crippen LogP contribution >= 0.6 is 0 Å². The van der Waals surface area contributed by atoms with Crippen molar-refractivity contribution in [2.75, 3.05) is 26.2 Å². The zero-order chi connectivity index (χ0) is 9.38. The topological polar surface area (TPSA) is 6.48 Å². The predicted octanol–water partition coefficient (Wildman–Crippen LogP) is 1.83. The minimum absolute atomic E-state index is 0.885. The lowest BCUT2D eigenvalue weighted by Gasteiger charge is -2.33. The Balaban J connectivity index is 1.69. The Morgan fingerprint density at radius 1 is 1.07 bits per heavy atom. The summed E-state index contributed by atoms with van der Waals surface area (Å²) in [5.74, 6) is 0. The molecule has 3 heterocycles. The van der Waals surface area contributed by atoms with E-state index in [4.69, 9.17) is 0 Å². The van der Waals surface area contributed by atoms with Crippen LogP contribution in [0.4, 0.5) is 0 Å². The van der Waals surface area contributed by atoms with Crippen molar-refractivity contribution in [3.63, 3.8) is 0 Å². The first-order chi connectivity index (χ1) is 6.93. The molecule has 78 valence electrons. The van der Waals surface area contributed by atoms with E-state index in [1.807, 2.05) is 0 Å². The van der Waals surface area contributed by atoms with Crippen molar-refractivity contribution in [3.05, 3.63) is 11.8 Å². The minimum Gasteiger partial charge on any atom is -0.375 e. The Hall–Kier alpha value is -0.500. The maximum atomic E-state index is 2.65. The fourth-order valence-corrected chi connectivity index (χ4v) is 3.18. The fraction of sp³-hybridized carbons (Fsp3) is 0.833. The average Bonchev–Trinajstić information content (AvgIpc) is 2.88. The highest BCUT2D eigenvalue weighted by Gasteiger charge is 2.29. The zero-order valence-corrected chi connectivity index (χ0v) is 8.91. The normalized spacial score (nSPS) is 33.3. The smallest absolute Gasteiger partial charge is 0.0186 e. The largest absolute Gasteiger partial charge is 0.375 e. The summed E-state index contributed by atoms with van der Waals surface area (Å²) in [5, 5.41) is 0. The molecule has 0 bridgehead atoms. The van der Waals surface area contributed by atoms with Gasteiger partial charge in [0.25, 0.3) is 0 Å². The molecule has 2 nitrogen and oxygen atoms in total. The number of rotatable bonds is 1. The van der Waals surface area contributed by atoms with Gasteiger partial charge in [0.15, 0.2) is 0 Å². The lowest BCUT2D eigenvalue weighted by atomic mass is 10.0. The molecular formula is C12H20N2. The van der Waals surface area contributed by atoms with E-state index in [1.165, 1.54) is 58.3 Å². The summed E-state index contributed by atoms with van der Waals surface area (Å²) in [5.41, 5.74) is 1.66. The van der Waals surface area contributed by atoms with Crippen molar-refractivity contribution in [2.45, 2.75) is 38.1 Å². The molecule has 3 aliphatic heterocycles. The van der Waals surface area contributed by atoms with Gasteiger partial charge in [-0.3, -0.25) is 4.90 Å². The lowest BCUT2D eigenvalue weighted by molar-refractivity contribution is 0.239. The van der Waals surface area contributed by atoms with Gasteiger partial charge in [-0.15, -0.1) is 0 Å². The van der Waals surface area contributed by atoms with Gasteiger partial charge in [0.05, 0.1) is 0 Å². The van der Waals surface area contributed by atoms with Crippen LogP contribution in [0.2, 0.25) is 0 Å². The van der Waals surface area contributed by atoms with Gasteiger partial charge in [-0.25, -0.2) is 0 Å². The van der Waals surface area contributed by atoms with Gasteiger partial charge in [0, 0.05) is 37.8 Å². The van der Waals surface area contributed by atoms with Gasteiger partial charge in [0.2, 0.25) is 0 Å². The van der Waals surface area contributed by atoms with Crippen molar-refractivity contribution in [2.24, 2.45) is 0 Å². The molecular weight excluding hydrogens is 172 g/mol. The molecule has 2 saturated heterocycles. The minimum atomic E-state index is 0.885. The van der Waals surface area contributed by atoms with Crippen molar-refractivity contribution in [3.8, 4) is 0 Å². The third kappa shape index (κ3) is 1.46. The first-order valence-electron chi connectivity index (χ1n) is 6.11. The second kappa shape index (κ2) is 3.58. The summed E-state index contributed by atoms with van der Waals surface area (Å²) in [7, 11) is 0. The number of likely N-dealkylation sites (tertiary alicyclic amines) is 1. The first-order valence-corrected chi connectivity index (χ1v) is 6.11. The van der Waals surface area contributed by atoms with Crippen LogP contribution in [0.15, 0.2) is 11.8 Å². The van der Waals surface area contributed by atoms with Crippen LogP contribution in [0.25, 0.3) is 0 Å². The maximum absolute atomic E-state index is 2.65. The van der Waals surface area contributed by atoms with Gasteiger partial charge in [0.1, 0.15) is 0 Å². The predicted molar refractivity (Wildman–Crippen MR) is 58.1 cm³/mol. The summed E-state index contributed by atoms with van der Waals surface area (Å²) >= 11 is 0. The van der Waals surface area contributed by atoms with Crippen molar-refractivity contribution < 1.29 is 0 Å². The third-order valence-corrected chi connectivity index (χ3v) is 4.02. The first kappa shape index (κ1) is 8.78. The van der Waals surface area contributed by atoms with Gasteiger partial charge in [-0.2, -0.15) is 0 Å². The highest BCUT2D eigenvalue weighted by molar-refractivity contribution is 5.11. The van der Waals surface area contributed by atoms with Gasteiger partial charge < -0.3 is 4.90 Å². The van der Waals surface area contributed by atoms with Crippen LogP contribution in [-0.4, -0.2) is 42.0 Å². The second-order valence-electron chi connectivity index (χ2n) is 4.88. The molecule has 0 radical (unpaired) electrons. The van der Waals surface area contributed by atoms with Crippen molar-refractivity contribution in [1.82, 2.24) is 9.80 Å². The molecule has 2 fully saturated rings. The lowest BCUT2D eigenvalue weighted by Crippen LogP contribution is -2.36. The highest BCUT2D eigenvalue weighted by atomic mass is 15.2. The molecule has 3 aliphatic rings.